The average Bonchev–Trinajstić information content (AvgIpc) is 2.47. The van der Waals surface area contributed by atoms with Gasteiger partial charge in [-0.3, -0.25) is 14.6 Å². The van der Waals surface area contributed by atoms with Crippen LogP contribution in [-0.2, 0) is 9.53 Å². The summed E-state index contributed by atoms with van der Waals surface area (Å²) in [5, 5.41) is 2.69. The van der Waals surface area contributed by atoms with Gasteiger partial charge in [-0.25, -0.2) is 0 Å². The molecule has 1 aromatic rings. The third kappa shape index (κ3) is 3.77. The summed E-state index contributed by atoms with van der Waals surface area (Å²) in [5.74, 6) is -0.405. The Kier molecular flexibility index (Phi) is 5.08. The number of hydrogen-bond donors (Lipinski definition) is 1. The number of aromatic nitrogens is 1. The van der Waals surface area contributed by atoms with E-state index in [0.717, 1.165) is 4.47 Å². The summed E-state index contributed by atoms with van der Waals surface area (Å²) < 4.78 is 5.92. The summed E-state index contributed by atoms with van der Waals surface area (Å²) in [6, 6.07) is 1.09. The number of nitrogens with one attached hydrogen (secondary N) is 1. The number of ether oxygens (including phenoxy) is 1. The van der Waals surface area contributed by atoms with Gasteiger partial charge in [0.15, 0.2) is 0 Å². The van der Waals surface area contributed by atoms with E-state index >= 15 is 0 Å². The Hall–Kier alpha value is -1.47. The monoisotopic (exact) mass is 341 g/mol. The number of carbonyl (C=O) groups excluding carboxylic acids is 2. The standard InChI is InChI=1S/C13H16BrN3O3/c1-9(13(19)17-2-4-20-5-3-17)16-12(18)10-6-11(14)8-15-7-10/h6-9H,2-5H2,1H3,(H,16,18)/t9-/m1/s1. The largest absolute Gasteiger partial charge is 0.378 e. The van der Waals surface area contributed by atoms with Crippen LogP contribution in [0, 0.1) is 0 Å². The summed E-state index contributed by atoms with van der Waals surface area (Å²) in [5.41, 5.74) is 0.418. The number of amides is 2. The first-order chi connectivity index (χ1) is 9.58. The second-order valence-corrected chi connectivity index (χ2v) is 5.44. The van der Waals surface area contributed by atoms with Crippen molar-refractivity contribution >= 4 is 27.7 Å². The lowest BCUT2D eigenvalue weighted by Crippen LogP contribution is -2.50. The molecule has 0 aliphatic carbocycles. The summed E-state index contributed by atoms with van der Waals surface area (Å²) in [6.07, 6.45) is 3.06. The summed E-state index contributed by atoms with van der Waals surface area (Å²) >= 11 is 3.26. The van der Waals surface area contributed by atoms with Crippen molar-refractivity contribution in [2.24, 2.45) is 0 Å². The van der Waals surface area contributed by atoms with Crippen molar-refractivity contribution < 1.29 is 14.3 Å². The van der Waals surface area contributed by atoms with Gasteiger partial charge in [0.05, 0.1) is 18.8 Å². The minimum absolute atomic E-state index is 0.0930. The van der Waals surface area contributed by atoms with Crippen molar-refractivity contribution in [3.8, 4) is 0 Å². The molecule has 1 aliphatic heterocycles. The lowest BCUT2D eigenvalue weighted by Gasteiger charge is -2.29. The molecule has 2 amide bonds. The van der Waals surface area contributed by atoms with Crippen LogP contribution in [0.5, 0.6) is 0 Å². The second kappa shape index (κ2) is 6.81. The van der Waals surface area contributed by atoms with E-state index in [1.807, 2.05) is 0 Å². The van der Waals surface area contributed by atoms with Crippen molar-refractivity contribution in [3.05, 3.63) is 28.5 Å². The molecule has 0 bridgehead atoms. The molecule has 2 rings (SSSR count). The molecule has 1 N–H and O–H groups in total. The van der Waals surface area contributed by atoms with Crippen LogP contribution in [0.4, 0.5) is 0 Å². The predicted molar refractivity (Wildman–Crippen MR) is 76.3 cm³/mol. The van der Waals surface area contributed by atoms with Crippen LogP contribution in [0.3, 0.4) is 0 Å². The molecule has 0 saturated carbocycles. The highest BCUT2D eigenvalue weighted by atomic mass is 79.9. The van der Waals surface area contributed by atoms with Gasteiger partial charge in [-0.1, -0.05) is 0 Å². The fourth-order valence-electron chi connectivity index (χ4n) is 1.94. The topological polar surface area (TPSA) is 71.5 Å². The first kappa shape index (κ1) is 14.9. The van der Waals surface area contributed by atoms with Gasteiger partial charge < -0.3 is 15.0 Å². The van der Waals surface area contributed by atoms with Crippen molar-refractivity contribution in [2.75, 3.05) is 26.3 Å². The van der Waals surface area contributed by atoms with Gasteiger partial charge in [-0.2, -0.15) is 0 Å². The molecular formula is C13H16BrN3O3. The van der Waals surface area contributed by atoms with Crippen LogP contribution in [-0.4, -0.2) is 54.0 Å². The molecule has 6 nitrogen and oxygen atoms in total. The van der Waals surface area contributed by atoms with Crippen molar-refractivity contribution in [3.63, 3.8) is 0 Å². The maximum atomic E-state index is 12.2. The zero-order chi connectivity index (χ0) is 14.5. The van der Waals surface area contributed by atoms with Crippen LogP contribution in [0.25, 0.3) is 0 Å². The van der Waals surface area contributed by atoms with Gasteiger partial charge in [0.2, 0.25) is 5.91 Å². The normalized spacial score (nSPS) is 16.6. The highest BCUT2D eigenvalue weighted by molar-refractivity contribution is 9.10. The number of nitrogens with zero attached hydrogens (tertiary/aromatic N) is 2. The van der Waals surface area contributed by atoms with E-state index in [-0.39, 0.29) is 11.8 Å². The van der Waals surface area contributed by atoms with Gasteiger partial charge in [-0.05, 0) is 28.9 Å². The van der Waals surface area contributed by atoms with E-state index in [1.54, 1.807) is 24.1 Å². The molecule has 20 heavy (non-hydrogen) atoms. The van der Waals surface area contributed by atoms with Crippen molar-refractivity contribution in [2.45, 2.75) is 13.0 Å². The lowest BCUT2D eigenvalue weighted by molar-refractivity contribution is -0.136. The van der Waals surface area contributed by atoms with E-state index in [1.165, 1.54) is 6.20 Å². The molecule has 0 unspecified atom stereocenters. The number of rotatable bonds is 3. The average molecular weight is 342 g/mol. The molecule has 0 spiro atoms. The Morgan fingerprint density at radius 3 is 2.75 bits per heavy atom. The summed E-state index contributed by atoms with van der Waals surface area (Å²) in [4.78, 5) is 29.8. The Bertz CT molecular complexity index is 503. The molecule has 1 fully saturated rings. The van der Waals surface area contributed by atoms with E-state index in [9.17, 15) is 9.59 Å². The number of halogens is 1. The molecule has 1 aliphatic rings. The molecule has 0 aromatic carbocycles. The van der Waals surface area contributed by atoms with Crippen molar-refractivity contribution in [1.82, 2.24) is 15.2 Å². The third-order valence-electron chi connectivity index (χ3n) is 3.01. The highest BCUT2D eigenvalue weighted by Gasteiger charge is 2.24. The molecule has 0 radical (unpaired) electrons. The fourth-order valence-corrected chi connectivity index (χ4v) is 2.30. The molecule has 2 heterocycles. The Balaban J connectivity index is 1.94. The second-order valence-electron chi connectivity index (χ2n) is 4.52. The van der Waals surface area contributed by atoms with Crippen LogP contribution in [0.1, 0.15) is 17.3 Å². The Morgan fingerprint density at radius 2 is 2.10 bits per heavy atom. The first-order valence-corrected chi connectivity index (χ1v) is 7.15. The highest BCUT2D eigenvalue weighted by Crippen LogP contribution is 2.10. The van der Waals surface area contributed by atoms with Crippen LogP contribution >= 0.6 is 15.9 Å². The molecule has 1 aromatic heterocycles. The van der Waals surface area contributed by atoms with E-state index in [4.69, 9.17) is 4.74 Å². The zero-order valence-electron chi connectivity index (χ0n) is 11.1. The fraction of sp³-hybridized carbons (Fsp3) is 0.462. The molecule has 7 heteroatoms. The van der Waals surface area contributed by atoms with Gasteiger partial charge >= 0.3 is 0 Å². The van der Waals surface area contributed by atoms with E-state index in [2.05, 4.69) is 26.2 Å². The molecule has 1 atom stereocenters. The Morgan fingerprint density at radius 1 is 1.40 bits per heavy atom. The maximum Gasteiger partial charge on any atom is 0.253 e. The number of carbonyl (C=O) groups is 2. The smallest absolute Gasteiger partial charge is 0.253 e. The van der Waals surface area contributed by atoms with Gasteiger partial charge in [0, 0.05) is 30.0 Å². The van der Waals surface area contributed by atoms with Crippen molar-refractivity contribution in [1.29, 1.82) is 0 Å². The van der Waals surface area contributed by atoms with Crippen LogP contribution in [0.2, 0.25) is 0 Å². The number of hydrogen-bond acceptors (Lipinski definition) is 4. The zero-order valence-corrected chi connectivity index (χ0v) is 12.7. The van der Waals surface area contributed by atoms with E-state index in [0.29, 0.717) is 31.9 Å². The van der Waals surface area contributed by atoms with E-state index < -0.39 is 6.04 Å². The predicted octanol–water partition coefficient (Wildman–Crippen LogP) is 0.821. The number of morpholine rings is 1. The maximum absolute atomic E-state index is 12.2. The van der Waals surface area contributed by atoms with Crippen LogP contribution < -0.4 is 5.32 Å². The quantitative estimate of drug-likeness (QED) is 0.883. The minimum atomic E-state index is -0.570. The molecule has 108 valence electrons. The summed E-state index contributed by atoms with van der Waals surface area (Å²) in [7, 11) is 0. The Labute approximate surface area is 125 Å². The van der Waals surface area contributed by atoms with Gasteiger partial charge in [-0.15, -0.1) is 0 Å². The third-order valence-corrected chi connectivity index (χ3v) is 3.44. The van der Waals surface area contributed by atoms with Crippen LogP contribution in [0.15, 0.2) is 22.9 Å². The number of pyridine rings is 1. The lowest BCUT2D eigenvalue weighted by atomic mass is 10.2. The first-order valence-electron chi connectivity index (χ1n) is 6.36. The minimum Gasteiger partial charge on any atom is -0.378 e. The van der Waals surface area contributed by atoms with Gasteiger partial charge in [0.1, 0.15) is 6.04 Å². The SMILES string of the molecule is C[C@@H](NC(=O)c1cncc(Br)c1)C(=O)N1CCOCC1. The molecule has 1 saturated heterocycles. The molecular weight excluding hydrogens is 326 g/mol. The van der Waals surface area contributed by atoms with Gasteiger partial charge in [0.25, 0.3) is 5.91 Å². The summed E-state index contributed by atoms with van der Waals surface area (Å²) in [6.45, 7) is 3.90.